The molecule has 17 heavy (non-hydrogen) atoms. The molecule has 96 valence electrons. The van der Waals surface area contributed by atoms with Crippen molar-refractivity contribution in [3.05, 3.63) is 5.28 Å². The van der Waals surface area contributed by atoms with E-state index < -0.39 is 0 Å². The van der Waals surface area contributed by atoms with E-state index in [0.29, 0.717) is 31.7 Å². The van der Waals surface area contributed by atoms with Gasteiger partial charge in [-0.05, 0) is 24.9 Å². The van der Waals surface area contributed by atoms with E-state index in [-0.39, 0.29) is 5.28 Å². The number of rotatable bonds is 8. The Morgan fingerprint density at radius 3 is 2.29 bits per heavy atom. The molecule has 2 N–H and O–H groups in total. The van der Waals surface area contributed by atoms with Crippen LogP contribution in [0.3, 0.4) is 0 Å². The Hall–Kier alpha value is -1.14. The molecule has 0 unspecified atom stereocenters. The van der Waals surface area contributed by atoms with E-state index >= 15 is 0 Å². The first kappa shape index (κ1) is 13.9. The molecule has 0 saturated heterocycles. The Morgan fingerprint density at radius 1 is 1.06 bits per heavy atom. The molecule has 0 atom stereocenters. The van der Waals surface area contributed by atoms with Gasteiger partial charge in [0.25, 0.3) is 0 Å². The average Bonchev–Trinajstić information content (AvgIpc) is 2.31. The van der Waals surface area contributed by atoms with Crippen LogP contribution in [0.2, 0.25) is 5.28 Å². The molecule has 0 aromatic carbocycles. The number of ether oxygens (including phenoxy) is 1. The monoisotopic (exact) mass is 259 g/mol. The average molecular weight is 260 g/mol. The van der Waals surface area contributed by atoms with Crippen LogP contribution in [-0.4, -0.2) is 41.3 Å². The van der Waals surface area contributed by atoms with Crippen molar-refractivity contribution in [3.8, 4) is 0 Å². The second-order valence-electron chi connectivity index (χ2n) is 3.30. The van der Waals surface area contributed by atoms with Crippen molar-refractivity contribution in [1.29, 1.82) is 0 Å². The van der Waals surface area contributed by atoms with Gasteiger partial charge in [0.2, 0.25) is 17.2 Å². The lowest BCUT2D eigenvalue weighted by molar-refractivity contribution is 0.158. The highest BCUT2D eigenvalue weighted by molar-refractivity contribution is 6.28. The van der Waals surface area contributed by atoms with Gasteiger partial charge in [-0.15, -0.1) is 0 Å². The van der Waals surface area contributed by atoms with Gasteiger partial charge in [0.15, 0.2) is 0 Å². The van der Waals surface area contributed by atoms with Crippen molar-refractivity contribution >= 4 is 23.5 Å². The van der Waals surface area contributed by atoms with Gasteiger partial charge < -0.3 is 15.4 Å². The fourth-order valence-corrected chi connectivity index (χ4v) is 1.28. The zero-order valence-corrected chi connectivity index (χ0v) is 10.9. The van der Waals surface area contributed by atoms with E-state index in [1.807, 2.05) is 6.92 Å². The van der Waals surface area contributed by atoms with E-state index in [2.05, 4.69) is 32.5 Å². The quantitative estimate of drug-likeness (QED) is 0.694. The Bertz CT molecular complexity index is 336. The van der Waals surface area contributed by atoms with Crippen molar-refractivity contribution in [2.24, 2.45) is 0 Å². The van der Waals surface area contributed by atoms with E-state index in [4.69, 9.17) is 16.3 Å². The van der Waals surface area contributed by atoms with Gasteiger partial charge >= 0.3 is 0 Å². The van der Waals surface area contributed by atoms with Crippen molar-refractivity contribution in [1.82, 2.24) is 15.0 Å². The van der Waals surface area contributed by atoms with Crippen LogP contribution in [0.15, 0.2) is 0 Å². The third kappa shape index (κ3) is 5.65. The van der Waals surface area contributed by atoms with Crippen molar-refractivity contribution in [2.45, 2.75) is 20.3 Å². The molecule has 0 aliphatic carbocycles. The van der Waals surface area contributed by atoms with Gasteiger partial charge in [0.05, 0.1) is 6.61 Å². The summed E-state index contributed by atoms with van der Waals surface area (Å²) in [6.45, 7) is 6.77. The van der Waals surface area contributed by atoms with Crippen LogP contribution in [0.4, 0.5) is 11.9 Å². The second kappa shape index (κ2) is 8.03. The molecule has 0 fully saturated rings. The van der Waals surface area contributed by atoms with Gasteiger partial charge in [-0.3, -0.25) is 0 Å². The number of aromatic nitrogens is 3. The van der Waals surface area contributed by atoms with Gasteiger partial charge in [0.1, 0.15) is 0 Å². The lowest BCUT2D eigenvalue weighted by Crippen LogP contribution is -2.13. The minimum atomic E-state index is 0.178. The lowest BCUT2D eigenvalue weighted by Gasteiger charge is -2.07. The summed E-state index contributed by atoms with van der Waals surface area (Å²) in [4.78, 5) is 12.1. The van der Waals surface area contributed by atoms with Crippen molar-refractivity contribution in [3.63, 3.8) is 0 Å². The molecule has 0 aliphatic rings. The van der Waals surface area contributed by atoms with E-state index in [0.717, 1.165) is 13.0 Å². The molecule has 0 saturated carbocycles. The number of nitrogens with zero attached hydrogens (tertiary/aromatic N) is 3. The molecule has 0 bridgehead atoms. The molecule has 0 amide bonds. The Morgan fingerprint density at radius 2 is 1.71 bits per heavy atom. The third-order valence-electron chi connectivity index (χ3n) is 1.87. The van der Waals surface area contributed by atoms with Crippen LogP contribution < -0.4 is 10.6 Å². The molecule has 1 aromatic heterocycles. The molecule has 1 aromatic rings. The molecule has 0 radical (unpaired) electrons. The first-order chi connectivity index (χ1) is 8.26. The van der Waals surface area contributed by atoms with Crippen LogP contribution >= 0.6 is 11.6 Å². The summed E-state index contributed by atoms with van der Waals surface area (Å²) >= 11 is 5.80. The van der Waals surface area contributed by atoms with E-state index in [1.54, 1.807) is 0 Å². The molecule has 1 heterocycles. The molecule has 7 heteroatoms. The summed E-state index contributed by atoms with van der Waals surface area (Å²) in [7, 11) is 0. The molecule has 0 spiro atoms. The van der Waals surface area contributed by atoms with Crippen LogP contribution in [0.5, 0.6) is 0 Å². The van der Waals surface area contributed by atoms with Gasteiger partial charge in [0, 0.05) is 19.7 Å². The Labute approximate surface area is 106 Å². The lowest BCUT2D eigenvalue weighted by atomic mass is 10.5. The van der Waals surface area contributed by atoms with Crippen LogP contribution in [0, 0.1) is 0 Å². The fourth-order valence-electron chi connectivity index (χ4n) is 1.12. The summed E-state index contributed by atoms with van der Waals surface area (Å²) in [5, 5.41) is 6.26. The predicted molar refractivity (Wildman–Crippen MR) is 68.6 cm³/mol. The molecular formula is C10H18ClN5O. The molecule has 0 aliphatic heterocycles. The minimum Gasteiger partial charge on any atom is -0.380 e. The maximum atomic E-state index is 5.80. The SMILES string of the molecule is CCCNc1nc(Cl)nc(NCCOCC)n1. The molecule has 1 rings (SSSR count). The largest absolute Gasteiger partial charge is 0.380 e. The predicted octanol–water partition coefficient (Wildman–Crippen LogP) is 1.80. The van der Waals surface area contributed by atoms with Gasteiger partial charge in [-0.1, -0.05) is 6.92 Å². The number of hydrogen-bond donors (Lipinski definition) is 2. The highest BCUT2D eigenvalue weighted by Crippen LogP contribution is 2.09. The first-order valence-electron chi connectivity index (χ1n) is 5.73. The van der Waals surface area contributed by atoms with Gasteiger partial charge in [-0.2, -0.15) is 15.0 Å². The van der Waals surface area contributed by atoms with Crippen LogP contribution in [-0.2, 0) is 4.74 Å². The van der Waals surface area contributed by atoms with E-state index in [1.165, 1.54) is 0 Å². The highest BCUT2D eigenvalue weighted by atomic mass is 35.5. The summed E-state index contributed by atoms with van der Waals surface area (Å²) < 4.78 is 5.20. The molecular weight excluding hydrogens is 242 g/mol. The fraction of sp³-hybridized carbons (Fsp3) is 0.700. The number of hydrogen-bond acceptors (Lipinski definition) is 6. The number of nitrogens with one attached hydrogen (secondary N) is 2. The summed E-state index contributed by atoms with van der Waals surface area (Å²) in [5.74, 6) is 0.953. The first-order valence-corrected chi connectivity index (χ1v) is 6.11. The highest BCUT2D eigenvalue weighted by Gasteiger charge is 2.03. The maximum absolute atomic E-state index is 5.80. The number of halogens is 1. The zero-order valence-electron chi connectivity index (χ0n) is 10.2. The van der Waals surface area contributed by atoms with E-state index in [9.17, 15) is 0 Å². The normalized spacial score (nSPS) is 10.3. The standard InChI is InChI=1S/C10H18ClN5O/c1-3-5-12-9-14-8(11)15-10(16-9)13-6-7-17-4-2/h3-7H2,1-2H3,(H2,12,13,14,15,16). The van der Waals surface area contributed by atoms with Gasteiger partial charge in [-0.25, -0.2) is 0 Å². The molecule has 6 nitrogen and oxygen atoms in total. The Balaban J connectivity index is 2.50. The maximum Gasteiger partial charge on any atom is 0.228 e. The number of anilines is 2. The van der Waals surface area contributed by atoms with Crippen molar-refractivity contribution < 1.29 is 4.74 Å². The Kier molecular flexibility index (Phi) is 6.57. The van der Waals surface area contributed by atoms with Crippen molar-refractivity contribution in [2.75, 3.05) is 36.9 Å². The zero-order chi connectivity index (χ0) is 12.5. The smallest absolute Gasteiger partial charge is 0.228 e. The third-order valence-corrected chi connectivity index (χ3v) is 2.04. The second-order valence-corrected chi connectivity index (χ2v) is 3.64. The van der Waals surface area contributed by atoms with Crippen LogP contribution in [0.1, 0.15) is 20.3 Å². The summed E-state index contributed by atoms with van der Waals surface area (Å²) in [6.07, 6.45) is 0.996. The summed E-state index contributed by atoms with van der Waals surface area (Å²) in [6, 6.07) is 0. The minimum absolute atomic E-state index is 0.178. The van der Waals surface area contributed by atoms with Crippen LogP contribution in [0.25, 0.3) is 0 Å². The summed E-state index contributed by atoms with van der Waals surface area (Å²) in [5.41, 5.74) is 0. The topological polar surface area (TPSA) is 72.0 Å².